The van der Waals surface area contributed by atoms with Crippen LogP contribution in [-0.4, -0.2) is 35.9 Å². The first kappa shape index (κ1) is 20.8. The van der Waals surface area contributed by atoms with Crippen molar-refractivity contribution in [2.24, 2.45) is 17.4 Å². The van der Waals surface area contributed by atoms with Crippen LogP contribution in [0.15, 0.2) is 0 Å². The van der Waals surface area contributed by atoms with Crippen LogP contribution in [0.1, 0.15) is 33.1 Å². The summed E-state index contributed by atoms with van der Waals surface area (Å²) in [5.74, 6) is 0.482. The Morgan fingerprint density at radius 1 is 1.21 bits per heavy atom. The highest BCUT2D eigenvalue weighted by Crippen LogP contribution is 2.06. The van der Waals surface area contributed by atoms with Gasteiger partial charge in [0, 0.05) is 0 Å². The second-order valence-corrected chi connectivity index (χ2v) is 5.81. The van der Waals surface area contributed by atoms with Crippen molar-refractivity contribution in [3.8, 4) is 0 Å². The first-order chi connectivity index (χ1) is 8.38. The Bertz CT molecular complexity index is 278. The molecule has 0 aromatic heterocycles. The molecule has 0 aromatic rings. The van der Waals surface area contributed by atoms with E-state index in [1.54, 1.807) is 11.8 Å². The van der Waals surface area contributed by atoms with E-state index >= 15 is 0 Å². The standard InChI is InChI=1S/C12H25N3O2S.ClH/c1-8(2)4-5-9(13)12(17)15-10(11(14)16)6-7-18-3;/h8-10H,4-7,13H2,1-3H3,(H2,14,16)(H,15,17);1H/t9-,10-;/m0./s1. The highest BCUT2D eigenvalue weighted by atomic mass is 35.5. The second kappa shape index (κ2) is 11.4. The fourth-order valence-corrected chi connectivity index (χ4v) is 1.92. The van der Waals surface area contributed by atoms with Crippen LogP contribution >= 0.6 is 24.2 Å². The first-order valence-electron chi connectivity index (χ1n) is 6.22. The number of thioether (sulfide) groups is 1. The maximum Gasteiger partial charge on any atom is 0.240 e. The van der Waals surface area contributed by atoms with E-state index in [1.165, 1.54) is 0 Å². The largest absolute Gasteiger partial charge is 0.368 e. The minimum atomic E-state index is -0.616. The zero-order chi connectivity index (χ0) is 14.1. The number of hydrogen-bond acceptors (Lipinski definition) is 4. The molecule has 0 aromatic carbocycles. The molecule has 0 rings (SSSR count). The van der Waals surface area contributed by atoms with Crippen molar-refractivity contribution >= 4 is 36.0 Å². The van der Waals surface area contributed by atoms with Crippen molar-refractivity contribution in [2.75, 3.05) is 12.0 Å². The molecular weight excluding hydrogens is 286 g/mol. The number of amides is 2. The Labute approximate surface area is 126 Å². The first-order valence-corrected chi connectivity index (χ1v) is 7.62. The molecule has 0 unspecified atom stereocenters. The minimum Gasteiger partial charge on any atom is -0.368 e. The molecule has 114 valence electrons. The van der Waals surface area contributed by atoms with Gasteiger partial charge in [0.2, 0.25) is 11.8 Å². The van der Waals surface area contributed by atoms with Crippen molar-refractivity contribution in [1.82, 2.24) is 5.32 Å². The predicted octanol–water partition coefficient (Wildman–Crippen LogP) is 0.895. The van der Waals surface area contributed by atoms with Crippen molar-refractivity contribution < 1.29 is 9.59 Å². The molecule has 0 bridgehead atoms. The highest BCUT2D eigenvalue weighted by molar-refractivity contribution is 7.98. The van der Waals surface area contributed by atoms with E-state index in [9.17, 15) is 9.59 Å². The van der Waals surface area contributed by atoms with Gasteiger partial charge in [-0.05, 0) is 37.2 Å². The van der Waals surface area contributed by atoms with Gasteiger partial charge in [-0.1, -0.05) is 13.8 Å². The van der Waals surface area contributed by atoms with Gasteiger partial charge in [0.05, 0.1) is 6.04 Å². The third-order valence-corrected chi connectivity index (χ3v) is 3.31. The van der Waals surface area contributed by atoms with Gasteiger partial charge in [-0.3, -0.25) is 9.59 Å². The summed E-state index contributed by atoms with van der Waals surface area (Å²) in [5.41, 5.74) is 11.0. The lowest BCUT2D eigenvalue weighted by atomic mass is 10.0. The fourth-order valence-electron chi connectivity index (χ4n) is 1.44. The van der Waals surface area contributed by atoms with E-state index in [-0.39, 0.29) is 18.3 Å². The molecule has 7 heteroatoms. The van der Waals surface area contributed by atoms with Crippen LogP contribution in [0.4, 0.5) is 0 Å². The lowest BCUT2D eigenvalue weighted by Crippen LogP contribution is -2.50. The molecular formula is C12H26ClN3O2S. The van der Waals surface area contributed by atoms with Crippen LogP contribution in [0.25, 0.3) is 0 Å². The molecule has 5 nitrogen and oxygen atoms in total. The number of carbonyl (C=O) groups is 2. The zero-order valence-electron chi connectivity index (χ0n) is 11.8. The van der Waals surface area contributed by atoms with Gasteiger partial charge in [-0.15, -0.1) is 12.4 Å². The molecule has 0 saturated carbocycles. The van der Waals surface area contributed by atoms with Gasteiger partial charge >= 0.3 is 0 Å². The molecule has 0 aliphatic carbocycles. The molecule has 0 aliphatic rings. The Morgan fingerprint density at radius 3 is 2.21 bits per heavy atom. The third-order valence-electron chi connectivity index (χ3n) is 2.66. The lowest BCUT2D eigenvalue weighted by Gasteiger charge is -2.18. The Balaban J connectivity index is 0. The molecule has 2 atom stereocenters. The molecule has 0 fully saturated rings. The van der Waals surface area contributed by atoms with Crippen LogP contribution in [0.2, 0.25) is 0 Å². The van der Waals surface area contributed by atoms with Gasteiger partial charge in [0.15, 0.2) is 0 Å². The SMILES string of the molecule is CSCC[C@H](NC(=O)[C@@H](N)CCC(C)C)C(N)=O.Cl. The van der Waals surface area contributed by atoms with Crippen LogP contribution in [-0.2, 0) is 9.59 Å². The molecule has 0 radical (unpaired) electrons. The number of primary amides is 1. The Morgan fingerprint density at radius 2 is 1.79 bits per heavy atom. The summed E-state index contributed by atoms with van der Waals surface area (Å²) in [6.45, 7) is 4.16. The molecule has 0 spiro atoms. The summed E-state index contributed by atoms with van der Waals surface area (Å²) in [7, 11) is 0. The predicted molar refractivity (Wildman–Crippen MR) is 83.4 cm³/mol. The molecule has 0 aliphatic heterocycles. The highest BCUT2D eigenvalue weighted by Gasteiger charge is 2.21. The maximum absolute atomic E-state index is 11.8. The monoisotopic (exact) mass is 311 g/mol. The Kier molecular flexibility index (Phi) is 12.5. The van der Waals surface area contributed by atoms with E-state index in [4.69, 9.17) is 11.5 Å². The molecule has 0 heterocycles. The maximum atomic E-state index is 11.8. The molecule has 0 saturated heterocycles. The summed E-state index contributed by atoms with van der Waals surface area (Å²) in [4.78, 5) is 23.0. The zero-order valence-corrected chi connectivity index (χ0v) is 13.5. The van der Waals surface area contributed by atoms with E-state index < -0.39 is 18.0 Å². The fraction of sp³-hybridized carbons (Fsp3) is 0.833. The summed E-state index contributed by atoms with van der Waals surface area (Å²) >= 11 is 1.61. The quantitative estimate of drug-likeness (QED) is 0.589. The Hall–Kier alpha value is -0.460. The van der Waals surface area contributed by atoms with Crippen molar-refractivity contribution in [3.05, 3.63) is 0 Å². The number of nitrogens with two attached hydrogens (primary N) is 2. The summed E-state index contributed by atoms with van der Waals surface area (Å²) in [6, 6.07) is -1.18. The summed E-state index contributed by atoms with van der Waals surface area (Å²) in [6.07, 6.45) is 3.99. The number of halogens is 1. The van der Waals surface area contributed by atoms with E-state index in [1.807, 2.05) is 6.26 Å². The number of carbonyl (C=O) groups excluding carboxylic acids is 2. The van der Waals surface area contributed by atoms with Gasteiger partial charge in [0.1, 0.15) is 6.04 Å². The normalized spacial score (nSPS) is 13.5. The summed E-state index contributed by atoms with van der Waals surface area (Å²) < 4.78 is 0. The van der Waals surface area contributed by atoms with Crippen molar-refractivity contribution in [3.63, 3.8) is 0 Å². The van der Waals surface area contributed by atoms with E-state index in [2.05, 4.69) is 19.2 Å². The molecule has 5 N–H and O–H groups in total. The second-order valence-electron chi connectivity index (χ2n) is 4.82. The minimum absolute atomic E-state index is 0. The summed E-state index contributed by atoms with van der Waals surface area (Å²) in [5, 5.41) is 2.62. The van der Waals surface area contributed by atoms with Crippen LogP contribution in [0.3, 0.4) is 0 Å². The third kappa shape index (κ3) is 10.0. The van der Waals surface area contributed by atoms with Crippen LogP contribution in [0, 0.1) is 5.92 Å². The van der Waals surface area contributed by atoms with Crippen molar-refractivity contribution in [1.29, 1.82) is 0 Å². The van der Waals surface area contributed by atoms with Crippen molar-refractivity contribution in [2.45, 2.75) is 45.2 Å². The van der Waals surface area contributed by atoms with Crippen LogP contribution in [0.5, 0.6) is 0 Å². The van der Waals surface area contributed by atoms with Gasteiger partial charge in [0.25, 0.3) is 0 Å². The molecule has 19 heavy (non-hydrogen) atoms. The number of hydrogen-bond donors (Lipinski definition) is 3. The lowest BCUT2D eigenvalue weighted by molar-refractivity contribution is -0.128. The molecule has 2 amide bonds. The van der Waals surface area contributed by atoms with Gasteiger partial charge < -0.3 is 16.8 Å². The van der Waals surface area contributed by atoms with E-state index in [0.717, 1.165) is 12.2 Å². The number of nitrogens with one attached hydrogen (secondary N) is 1. The van der Waals surface area contributed by atoms with E-state index in [0.29, 0.717) is 18.8 Å². The van der Waals surface area contributed by atoms with Crippen LogP contribution < -0.4 is 16.8 Å². The number of rotatable bonds is 9. The average molecular weight is 312 g/mol. The van der Waals surface area contributed by atoms with Gasteiger partial charge in [-0.25, -0.2) is 0 Å². The topological polar surface area (TPSA) is 98.2 Å². The smallest absolute Gasteiger partial charge is 0.240 e. The van der Waals surface area contributed by atoms with Gasteiger partial charge in [-0.2, -0.15) is 11.8 Å². The average Bonchev–Trinajstić information content (AvgIpc) is 2.30.